The molecule has 2 aliphatic rings. The number of hydrogen-bond donors (Lipinski definition) is 2. The second-order valence-corrected chi connectivity index (χ2v) is 7.57. The van der Waals surface area contributed by atoms with E-state index in [2.05, 4.69) is 20.2 Å². The number of aromatic nitrogens is 2. The number of carbonyl (C=O) groups is 1. The first-order chi connectivity index (χ1) is 13.6. The van der Waals surface area contributed by atoms with Crippen LogP contribution in [0.1, 0.15) is 31.5 Å². The van der Waals surface area contributed by atoms with Gasteiger partial charge in [0, 0.05) is 18.0 Å². The Bertz CT molecular complexity index is 930. The molecule has 4 rings (SSSR count). The number of ether oxygens (including phenoxy) is 2. The van der Waals surface area contributed by atoms with Crippen molar-refractivity contribution in [1.82, 2.24) is 20.2 Å². The summed E-state index contributed by atoms with van der Waals surface area (Å²) in [5, 5.41) is 3.57. The van der Waals surface area contributed by atoms with E-state index in [4.69, 9.17) is 9.47 Å². The molecule has 0 unspecified atom stereocenters. The minimum atomic E-state index is -0.195. The molecule has 1 aromatic carbocycles. The Morgan fingerprint density at radius 3 is 2.50 bits per heavy atom. The summed E-state index contributed by atoms with van der Waals surface area (Å²) >= 11 is 0. The van der Waals surface area contributed by atoms with Crippen molar-refractivity contribution >= 4 is 16.8 Å². The predicted molar refractivity (Wildman–Crippen MR) is 105 cm³/mol. The van der Waals surface area contributed by atoms with Gasteiger partial charge in [0.1, 0.15) is 5.82 Å². The minimum absolute atomic E-state index is 0.0946. The maximum absolute atomic E-state index is 12.5. The molecule has 0 radical (unpaired) electrons. The molecule has 28 heavy (non-hydrogen) atoms. The van der Waals surface area contributed by atoms with Crippen molar-refractivity contribution in [3.63, 3.8) is 0 Å². The van der Waals surface area contributed by atoms with Crippen molar-refractivity contribution in [2.45, 2.75) is 38.3 Å². The normalized spacial score (nSPS) is 18.2. The summed E-state index contributed by atoms with van der Waals surface area (Å²) in [5.41, 5.74) is 0.384. The maximum Gasteiger partial charge on any atom is 0.258 e. The molecule has 1 amide bonds. The summed E-state index contributed by atoms with van der Waals surface area (Å²) in [7, 11) is 3.09. The van der Waals surface area contributed by atoms with Crippen LogP contribution in [0.2, 0.25) is 0 Å². The van der Waals surface area contributed by atoms with Gasteiger partial charge in [-0.25, -0.2) is 4.98 Å². The molecule has 1 saturated heterocycles. The quantitative estimate of drug-likeness (QED) is 0.780. The molecule has 2 heterocycles. The van der Waals surface area contributed by atoms with E-state index in [9.17, 15) is 9.59 Å². The molecule has 2 fully saturated rings. The first kappa shape index (κ1) is 18.7. The lowest BCUT2D eigenvalue weighted by Gasteiger charge is -2.30. The van der Waals surface area contributed by atoms with Crippen LogP contribution in [0.25, 0.3) is 10.9 Å². The molecule has 2 N–H and O–H groups in total. The zero-order valence-corrected chi connectivity index (χ0v) is 16.3. The molecule has 0 spiro atoms. The number of H-pyrrole nitrogens is 1. The van der Waals surface area contributed by atoms with E-state index in [1.807, 2.05) is 0 Å². The Balaban J connectivity index is 1.44. The molecule has 1 aliphatic carbocycles. The number of nitrogens with zero attached hydrogens (tertiary/aromatic N) is 2. The second kappa shape index (κ2) is 7.79. The van der Waals surface area contributed by atoms with E-state index in [0.717, 1.165) is 38.8 Å². The minimum Gasteiger partial charge on any atom is -0.493 e. The third-order valence-corrected chi connectivity index (χ3v) is 5.52. The van der Waals surface area contributed by atoms with Gasteiger partial charge in [-0.05, 0) is 44.8 Å². The molecule has 150 valence electrons. The fourth-order valence-corrected chi connectivity index (χ4v) is 3.70. The average molecular weight is 386 g/mol. The van der Waals surface area contributed by atoms with E-state index in [-0.39, 0.29) is 17.4 Å². The van der Waals surface area contributed by atoms with Crippen molar-refractivity contribution in [3.05, 3.63) is 28.3 Å². The summed E-state index contributed by atoms with van der Waals surface area (Å²) in [6, 6.07) is 3.78. The monoisotopic (exact) mass is 386 g/mol. The zero-order chi connectivity index (χ0) is 19.7. The Hall–Kier alpha value is -2.61. The van der Waals surface area contributed by atoms with Crippen LogP contribution in [0.3, 0.4) is 0 Å². The van der Waals surface area contributed by atoms with Crippen molar-refractivity contribution < 1.29 is 14.3 Å². The molecule has 0 bridgehead atoms. The number of carbonyl (C=O) groups excluding carboxylic acids is 1. The van der Waals surface area contributed by atoms with Gasteiger partial charge in [-0.2, -0.15) is 0 Å². The third-order valence-electron chi connectivity index (χ3n) is 5.52. The molecule has 0 atom stereocenters. The van der Waals surface area contributed by atoms with Crippen molar-refractivity contribution in [3.8, 4) is 11.5 Å². The summed E-state index contributed by atoms with van der Waals surface area (Å²) < 4.78 is 10.6. The van der Waals surface area contributed by atoms with Crippen LogP contribution >= 0.6 is 0 Å². The summed E-state index contributed by atoms with van der Waals surface area (Å²) in [5.74, 6) is 1.95. The molecule has 1 saturated carbocycles. The van der Waals surface area contributed by atoms with Crippen molar-refractivity contribution in [2.24, 2.45) is 5.92 Å². The van der Waals surface area contributed by atoms with Crippen molar-refractivity contribution in [1.29, 1.82) is 0 Å². The van der Waals surface area contributed by atoms with Crippen LogP contribution in [0, 0.1) is 5.92 Å². The SMILES string of the molecule is COc1cc2nc(CN3CCC(C(=O)NC4CC4)CC3)[nH]c(=O)c2cc1OC. The van der Waals surface area contributed by atoms with Gasteiger partial charge in [0.05, 0.1) is 31.7 Å². The molecule has 1 aliphatic heterocycles. The third kappa shape index (κ3) is 3.96. The Labute approximate surface area is 163 Å². The topological polar surface area (TPSA) is 96.5 Å². The van der Waals surface area contributed by atoms with Gasteiger partial charge in [0.15, 0.2) is 11.5 Å². The lowest BCUT2D eigenvalue weighted by Crippen LogP contribution is -2.41. The van der Waals surface area contributed by atoms with Gasteiger partial charge in [0.25, 0.3) is 5.56 Å². The molecular weight excluding hydrogens is 360 g/mol. The van der Waals surface area contributed by atoms with Crippen LogP contribution < -0.4 is 20.3 Å². The molecule has 8 nitrogen and oxygen atoms in total. The fourth-order valence-electron chi connectivity index (χ4n) is 3.70. The average Bonchev–Trinajstić information content (AvgIpc) is 3.51. The molecule has 2 aromatic rings. The molecule has 8 heteroatoms. The van der Waals surface area contributed by atoms with Gasteiger partial charge in [-0.15, -0.1) is 0 Å². The number of likely N-dealkylation sites (tertiary alicyclic amines) is 1. The van der Waals surface area contributed by atoms with Crippen LogP contribution in [0.15, 0.2) is 16.9 Å². The fraction of sp³-hybridized carbons (Fsp3) is 0.550. The van der Waals surface area contributed by atoms with Crippen LogP contribution in [0.5, 0.6) is 11.5 Å². The van der Waals surface area contributed by atoms with Crippen molar-refractivity contribution in [2.75, 3.05) is 27.3 Å². The summed E-state index contributed by atoms with van der Waals surface area (Å²) in [6.07, 6.45) is 3.90. The van der Waals surface area contributed by atoms with E-state index >= 15 is 0 Å². The lowest BCUT2D eigenvalue weighted by molar-refractivity contribution is -0.126. The highest BCUT2D eigenvalue weighted by Gasteiger charge is 2.30. The Morgan fingerprint density at radius 1 is 1.18 bits per heavy atom. The smallest absolute Gasteiger partial charge is 0.258 e. The first-order valence-electron chi connectivity index (χ1n) is 9.75. The zero-order valence-electron chi connectivity index (χ0n) is 16.3. The maximum atomic E-state index is 12.5. The first-order valence-corrected chi connectivity index (χ1v) is 9.75. The number of piperidine rings is 1. The number of methoxy groups -OCH3 is 2. The van der Waals surface area contributed by atoms with E-state index in [0.29, 0.717) is 40.8 Å². The predicted octanol–water partition coefficient (Wildman–Crippen LogP) is 1.43. The number of nitrogens with one attached hydrogen (secondary N) is 2. The van der Waals surface area contributed by atoms with Gasteiger partial charge in [-0.1, -0.05) is 0 Å². The lowest BCUT2D eigenvalue weighted by atomic mass is 9.96. The van der Waals surface area contributed by atoms with Gasteiger partial charge >= 0.3 is 0 Å². The van der Waals surface area contributed by atoms with E-state index in [1.54, 1.807) is 19.2 Å². The highest BCUT2D eigenvalue weighted by molar-refractivity contribution is 5.82. The van der Waals surface area contributed by atoms with Gasteiger partial charge in [0.2, 0.25) is 5.91 Å². The Kier molecular flexibility index (Phi) is 5.21. The second-order valence-electron chi connectivity index (χ2n) is 7.57. The van der Waals surface area contributed by atoms with Gasteiger partial charge in [-0.3, -0.25) is 14.5 Å². The summed E-state index contributed by atoms with van der Waals surface area (Å²) in [4.78, 5) is 34.4. The number of benzene rings is 1. The van der Waals surface area contributed by atoms with Crippen LogP contribution in [-0.2, 0) is 11.3 Å². The molecule has 1 aromatic heterocycles. The standard InChI is InChI=1S/C20H26N4O4/c1-27-16-9-14-15(10-17(16)28-2)22-18(23-20(14)26)11-24-7-5-12(6-8-24)19(25)21-13-3-4-13/h9-10,12-13H,3-8,11H2,1-2H3,(H,21,25)(H,22,23,26). The van der Waals surface area contributed by atoms with Gasteiger partial charge < -0.3 is 19.8 Å². The van der Waals surface area contributed by atoms with Crippen LogP contribution in [0.4, 0.5) is 0 Å². The largest absolute Gasteiger partial charge is 0.493 e. The number of amides is 1. The number of aromatic amines is 1. The highest BCUT2D eigenvalue weighted by atomic mass is 16.5. The number of rotatable bonds is 6. The number of fused-ring (bicyclic) bond motifs is 1. The van der Waals surface area contributed by atoms with Crippen LogP contribution in [-0.4, -0.2) is 54.1 Å². The molecular formula is C20H26N4O4. The Morgan fingerprint density at radius 2 is 1.86 bits per heavy atom. The highest BCUT2D eigenvalue weighted by Crippen LogP contribution is 2.30. The number of hydrogen-bond acceptors (Lipinski definition) is 6. The summed E-state index contributed by atoms with van der Waals surface area (Å²) in [6.45, 7) is 2.18. The van der Waals surface area contributed by atoms with E-state index < -0.39 is 0 Å². The van der Waals surface area contributed by atoms with E-state index in [1.165, 1.54) is 7.11 Å².